The van der Waals surface area contributed by atoms with E-state index >= 15 is 0 Å². The third-order valence-electron chi connectivity index (χ3n) is 4.63. The Bertz CT molecular complexity index is 1100. The number of carbonyl (C=O) groups excluding carboxylic acids is 2. The summed E-state index contributed by atoms with van der Waals surface area (Å²) in [6.07, 6.45) is 1.46. The number of hydrogen-bond acceptors (Lipinski definition) is 4. The van der Waals surface area contributed by atoms with Gasteiger partial charge >= 0.3 is 0 Å². The fourth-order valence-corrected chi connectivity index (χ4v) is 3.57. The van der Waals surface area contributed by atoms with E-state index in [1.807, 2.05) is 13.0 Å². The SMILES string of the molecule is Cc1cccc(N2C(=O)C(=O)/C(=C(\O)c3cccc(Cl)c3)C2c2ccco2)c1. The molecule has 4 rings (SSSR count). The average molecular weight is 394 g/mol. The Morgan fingerprint density at radius 3 is 2.54 bits per heavy atom. The molecule has 1 aromatic heterocycles. The van der Waals surface area contributed by atoms with Crippen molar-refractivity contribution in [1.29, 1.82) is 0 Å². The lowest BCUT2D eigenvalue weighted by atomic mass is 9.99. The Balaban J connectivity index is 1.94. The van der Waals surface area contributed by atoms with Crippen molar-refractivity contribution in [3.05, 3.63) is 94.4 Å². The summed E-state index contributed by atoms with van der Waals surface area (Å²) in [5.41, 5.74) is 1.80. The van der Waals surface area contributed by atoms with Crippen molar-refractivity contribution >= 4 is 34.7 Å². The number of carbonyl (C=O) groups is 2. The Morgan fingerprint density at radius 1 is 1.07 bits per heavy atom. The molecule has 0 saturated carbocycles. The summed E-state index contributed by atoms with van der Waals surface area (Å²) in [5, 5.41) is 11.3. The van der Waals surface area contributed by atoms with E-state index in [1.54, 1.807) is 48.5 Å². The van der Waals surface area contributed by atoms with Crippen molar-refractivity contribution in [3.8, 4) is 0 Å². The maximum Gasteiger partial charge on any atom is 0.300 e. The number of Topliss-reactive ketones (excluding diaryl/α,β-unsaturated/α-hetero) is 1. The van der Waals surface area contributed by atoms with Crippen molar-refractivity contribution in [2.45, 2.75) is 13.0 Å². The Morgan fingerprint density at radius 2 is 1.86 bits per heavy atom. The van der Waals surface area contributed by atoms with Gasteiger partial charge in [0.1, 0.15) is 17.6 Å². The molecule has 6 heteroatoms. The molecule has 1 N–H and O–H groups in total. The van der Waals surface area contributed by atoms with Gasteiger partial charge in [-0.3, -0.25) is 14.5 Å². The van der Waals surface area contributed by atoms with Gasteiger partial charge in [-0.25, -0.2) is 0 Å². The highest BCUT2D eigenvalue weighted by molar-refractivity contribution is 6.51. The second-order valence-corrected chi connectivity index (χ2v) is 6.97. The molecule has 0 radical (unpaired) electrons. The molecule has 0 aliphatic carbocycles. The standard InChI is InChI=1S/C22H16ClNO4/c1-13-5-2-8-16(11-13)24-19(17-9-4-10-28-17)18(21(26)22(24)27)20(25)14-6-3-7-15(23)12-14/h2-12,19,25H,1H3/b20-18-. The van der Waals surface area contributed by atoms with E-state index in [4.69, 9.17) is 16.0 Å². The summed E-state index contributed by atoms with van der Waals surface area (Å²) in [5.74, 6) is -1.42. The first-order chi connectivity index (χ1) is 13.5. The molecule has 1 saturated heterocycles. The lowest BCUT2D eigenvalue weighted by molar-refractivity contribution is -0.132. The highest BCUT2D eigenvalue weighted by Gasteiger charge is 2.48. The fourth-order valence-electron chi connectivity index (χ4n) is 3.38. The monoisotopic (exact) mass is 393 g/mol. The van der Waals surface area contributed by atoms with Gasteiger partial charge in [0.25, 0.3) is 11.7 Å². The number of aryl methyl sites for hydroxylation is 1. The van der Waals surface area contributed by atoms with Gasteiger partial charge < -0.3 is 9.52 Å². The molecule has 28 heavy (non-hydrogen) atoms. The van der Waals surface area contributed by atoms with Crippen LogP contribution in [0.25, 0.3) is 5.76 Å². The lowest BCUT2D eigenvalue weighted by Crippen LogP contribution is -2.29. The predicted molar refractivity (Wildman–Crippen MR) is 106 cm³/mol. The summed E-state index contributed by atoms with van der Waals surface area (Å²) < 4.78 is 5.52. The van der Waals surface area contributed by atoms with Gasteiger partial charge in [-0.1, -0.05) is 35.9 Å². The molecular formula is C22H16ClNO4. The summed E-state index contributed by atoms with van der Waals surface area (Å²) in [6, 6.07) is 16.2. The van der Waals surface area contributed by atoms with Crippen molar-refractivity contribution in [2.75, 3.05) is 4.90 Å². The number of halogens is 1. The molecule has 1 atom stereocenters. The minimum absolute atomic E-state index is 0.0382. The zero-order valence-electron chi connectivity index (χ0n) is 14.9. The zero-order valence-corrected chi connectivity index (χ0v) is 15.7. The third-order valence-corrected chi connectivity index (χ3v) is 4.87. The van der Waals surface area contributed by atoms with Crippen LogP contribution in [-0.2, 0) is 9.59 Å². The van der Waals surface area contributed by atoms with Gasteiger partial charge in [0.2, 0.25) is 0 Å². The molecule has 1 amide bonds. The summed E-state index contributed by atoms with van der Waals surface area (Å²) >= 11 is 6.02. The van der Waals surface area contributed by atoms with Crippen molar-refractivity contribution in [1.82, 2.24) is 0 Å². The molecular weight excluding hydrogens is 378 g/mol. The van der Waals surface area contributed by atoms with Crippen molar-refractivity contribution in [2.24, 2.45) is 0 Å². The Hall–Kier alpha value is -3.31. The molecule has 140 valence electrons. The predicted octanol–water partition coefficient (Wildman–Crippen LogP) is 4.87. The quantitative estimate of drug-likeness (QED) is 0.391. The molecule has 0 bridgehead atoms. The number of benzene rings is 2. The summed E-state index contributed by atoms with van der Waals surface area (Å²) in [7, 11) is 0. The molecule has 2 heterocycles. The van der Waals surface area contributed by atoms with Crippen molar-refractivity contribution in [3.63, 3.8) is 0 Å². The first-order valence-electron chi connectivity index (χ1n) is 8.64. The maximum atomic E-state index is 12.9. The van der Waals surface area contributed by atoms with Crippen molar-refractivity contribution < 1.29 is 19.1 Å². The molecule has 2 aromatic carbocycles. The number of anilines is 1. The van der Waals surface area contributed by atoms with Gasteiger partial charge in [0.15, 0.2) is 0 Å². The second-order valence-electron chi connectivity index (χ2n) is 6.53. The van der Waals surface area contributed by atoms with Crippen LogP contribution in [0.15, 0.2) is 76.9 Å². The molecule has 3 aromatic rings. The van der Waals surface area contributed by atoms with E-state index in [-0.39, 0.29) is 11.3 Å². The van der Waals surface area contributed by atoms with Gasteiger partial charge in [-0.05, 0) is 48.9 Å². The van der Waals surface area contributed by atoms with E-state index in [9.17, 15) is 14.7 Å². The van der Waals surface area contributed by atoms with E-state index < -0.39 is 17.7 Å². The van der Waals surface area contributed by atoms with Crippen LogP contribution in [0.5, 0.6) is 0 Å². The van der Waals surface area contributed by atoms with Crippen LogP contribution in [0.3, 0.4) is 0 Å². The number of aliphatic hydroxyl groups excluding tert-OH is 1. The topological polar surface area (TPSA) is 70.8 Å². The molecule has 0 spiro atoms. The number of hydrogen-bond donors (Lipinski definition) is 1. The van der Waals surface area contributed by atoms with Gasteiger partial charge in [-0.15, -0.1) is 0 Å². The van der Waals surface area contributed by atoms with Crippen LogP contribution < -0.4 is 4.90 Å². The molecule has 1 unspecified atom stereocenters. The van der Waals surface area contributed by atoms with Crippen LogP contribution in [0.4, 0.5) is 5.69 Å². The molecule has 5 nitrogen and oxygen atoms in total. The Kier molecular flexibility index (Phi) is 4.53. The highest BCUT2D eigenvalue weighted by atomic mass is 35.5. The fraction of sp³-hybridized carbons (Fsp3) is 0.0909. The lowest BCUT2D eigenvalue weighted by Gasteiger charge is -2.23. The van der Waals surface area contributed by atoms with E-state index in [0.717, 1.165) is 5.56 Å². The maximum absolute atomic E-state index is 12.9. The van der Waals surface area contributed by atoms with Crippen LogP contribution in [0.2, 0.25) is 5.02 Å². The van der Waals surface area contributed by atoms with Gasteiger partial charge in [-0.2, -0.15) is 0 Å². The van der Waals surface area contributed by atoms with E-state index in [2.05, 4.69) is 0 Å². The summed E-state index contributed by atoms with van der Waals surface area (Å²) in [6.45, 7) is 1.90. The number of rotatable bonds is 3. The van der Waals surface area contributed by atoms with Gasteiger partial charge in [0.05, 0.1) is 11.8 Å². The first-order valence-corrected chi connectivity index (χ1v) is 9.02. The minimum atomic E-state index is -0.879. The third kappa shape index (κ3) is 3.00. The Labute approximate surface area is 166 Å². The van der Waals surface area contributed by atoms with Crippen LogP contribution in [0.1, 0.15) is 22.9 Å². The highest BCUT2D eigenvalue weighted by Crippen LogP contribution is 2.42. The largest absolute Gasteiger partial charge is 0.507 e. The van der Waals surface area contributed by atoms with E-state index in [1.165, 1.54) is 17.2 Å². The smallest absolute Gasteiger partial charge is 0.300 e. The number of nitrogens with zero attached hydrogens (tertiary/aromatic N) is 1. The number of ketones is 1. The summed E-state index contributed by atoms with van der Waals surface area (Å²) in [4.78, 5) is 27.1. The molecule has 1 fully saturated rings. The molecule has 1 aliphatic heterocycles. The van der Waals surface area contributed by atoms with Crippen LogP contribution in [0, 0.1) is 6.92 Å². The molecule has 1 aliphatic rings. The van der Waals surface area contributed by atoms with Crippen LogP contribution >= 0.6 is 11.6 Å². The van der Waals surface area contributed by atoms with E-state index in [0.29, 0.717) is 22.0 Å². The minimum Gasteiger partial charge on any atom is -0.507 e. The zero-order chi connectivity index (χ0) is 19.8. The first kappa shape index (κ1) is 18.1. The van der Waals surface area contributed by atoms with Crippen LogP contribution in [-0.4, -0.2) is 16.8 Å². The number of furan rings is 1. The normalized spacial score (nSPS) is 18.6. The van der Waals surface area contributed by atoms with Gasteiger partial charge in [0, 0.05) is 16.3 Å². The second kappa shape index (κ2) is 7.02. The number of amides is 1. The number of aliphatic hydroxyl groups is 1. The average Bonchev–Trinajstić information content (AvgIpc) is 3.28.